The number of hydrazone groups is 1. The van der Waals surface area contributed by atoms with Gasteiger partial charge in [-0.25, -0.2) is 17.6 Å². The molecule has 0 atom stereocenters. The number of halogens is 3. The number of hydrogen-bond donors (Lipinski definition) is 0. The summed E-state index contributed by atoms with van der Waals surface area (Å²) in [6.45, 7) is 6.31. The van der Waals surface area contributed by atoms with Gasteiger partial charge in [0.15, 0.2) is 17.5 Å². The second kappa shape index (κ2) is 8.39. The minimum Gasteiger partial charge on any atom is -0.369 e. The Kier molecular flexibility index (Phi) is 6.18. The highest BCUT2D eigenvalue weighted by Gasteiger charge is 2.23. The van der Waals surface area contributed by atoms with Crippen LogP contribution in [0.15, 0.2) is 11.2 Å². The Balaban J connectivity index is 1.42. The van der Waals surface area contributed by atoms with Crippen LogP contribution >= 0.6 is 11.9 Å². The molecular weight excluding hydrogens is 363 g/mol. The molecule has 0 aliphatic carbocycles. The third kappa shape index (κ3) is 4.37. The maximum absolute atomic E-state index is 13.8. The highest BCUT2D eigenvalue weighted by atomic mass is 32.2. The van der Waals surface area contributed by atoms with Crippen LogP contribution in [0.3, 0.4) is 0 Å². The van der Waals surface area contributed by atoms with E-state index >= 15 is 0 Å². The second-order valence-corrected chi connectivity index (χ2v) is 7.72. The van der Waals surface area contributed by atoms with Gasteiger partial charge in [0.1, 0.15) is 13.0 Å². The second-order valence-electron chi connectivity index (χ2n) is 6.63. The predicted molar refractivity (Wildman–Crippen MR) is 99.7 cm³/mol. The summed E-state index contributed by atoms with van der Waals surface area (Å²) in [6, 6.07) is 1.10. The van der Waals surface area contributed by atoms with Crippen molar-refractivity contribution >= 4 is 24.0 Å². The van der Waals surface area contributed by atoms with E-state index in [1.165, 1.54) is 6.92 Å². The van der Waals surface area contributed by atoms with Crippen LogP contribution in [0.25, 0.3) is 0 Å². The van der Waals surface area contributed by atoms with Crippen molar-refractivity contribution in [3.05, 3.63) is 29.1 Å². The Labute approximate surface area is 156 Å². The van der Waals surface area contributed by atoms with E-state index in [-0.39, 0.29) is 5.56 Å². The van der Waals surface area contributed by atoms with Gasteiger partial charge in [-0.1, -0.05) is 0 Å². The van der Waals surface area contributed by atoms with E-state index in [9.17, 15) is 13.2 Å². The van der Waals surface area contributed by atoms with Gasteiger partial charge in [0.25, 0.3) is 0 Å². The topological polar surface area (TPSA) is 25.3 Å². The number of rotatable bonds is 6. The van der Waals surface area contributed by atoms with Gasteiger partial charge >= 0.3 is 0 Å². The lowest BCUT2D eigenvalue weighted by Gasteiger charge is -2.37. The van der Waals surface area contributed by atoms with Crippen LogP contribution in [-0.2, 0) is 0 Å². The molecule has 0 radical (unpaired) electrons. The van der Waals surface area contributed by atoms with Crippen molar-refractivity contribution in [1.29, 1.82) is 0 Å². The quantitative estimate of drug-likeness (QED) is 0.425. The third-order valence-electron chi connectivity index (χ3n) is 4.67. The first-order valence-corrected chi connectivity index (χ1v) is 9.66. The average Bonchev–Trinajstić information content (AvgIpc) is 3.06. The molecule has 0 N–H and O–H groups in total. The molecule has 26 heavy (non-hydrogen) atoms. The van der Waals surface area contributed by atoms with Crippen LogP contribution in [0.5, 0.6) is 0 Å². The fourth-order valence-electron chi connectivity index (χ4n) is 3.16. The summed E-state index contributed by atoms with van der Waals surface area (Å²) in [5.74, 6) is -2.61. The van der Waals surface area contributed by atoms with E-state index in [0.717, 1.165) is 44.5 Å². The van der Waals surface area contributed by atoms with Crippen molar-refractivity contribution in [3.8, 4) is 0 Å². The van der Waals surface area contributed by atoms with E-state index in [4.69, 9.17) is 0 Å². The molecule has 1 aromatic carbocycles. The van der Waals surface area contributed by atoms with Crippen LogP contribution < -0.4 is 4.90 Å². The first-order chi connectivity index (χ1) is 12.5. The molecule has 0 aromatic heterocycles. The molecule has 1 aromatic rings. The molecule has 144 valence electrons. The largest absolute Gasteiger partial charge is 0.369 e. The van der Waals surface area contributed by atoms with Crippen LogP contribution in [0, 0.1) is 24.4 Å². The molecule has 2 heterocycles. The van der Waals surface area contributed by atoms with Crippen molar-refractivity contribution in [2.24, 2.45) is 5.10 Å². The smallest absolute Gasteiger partial charge is 0.194 e. The Morgan fingerprint density at radius 3 is 2.50 bits per heavy atom. The van der Waals surface area contributed by atoms with Crippen molar-refractivity contribution in [2.75, 3.05) is 57.1 Å². The Bertz CT molecular complexity index is 664. The lowest BCUT2D eigenvalue weighted by Crippen LogP contribution is -2.47. The summed E-state index contributed by atoms with van der Waals surface area (Å²) >= 11 is 1.72. The first-order valence-electron chi connectivity index (χ1n) is 8.72. The van der Waals surface area contributed by atoms with Crippen molar-refractivity contribution in [2.45, 2.75) is 13.3 Å². The summed E-state index contributed by atoms with van der Waals surface area (Å²) in [5.41, 5.74) is 0.623. The van der Waals surface area contributed by atoms with Gasteiger partial charge in [0, 0.05) is 56.3 Å². The number of hydrogen-bond acceptors (Lipinski definition) is 6. The summed E-state index contributed by atoms with van der Waals surface area (Å²) in [6.07, 6.45) is 2.87. The minimum atomic E-state index is -1.39. The van der Waals surface area contributed by atoms with E-state index in [0.29, 0.717) is 18.8 Å². The van der Waals surface area contributed by atoms with Crippen LogP contribution in [-0.4, -0.2) is 72.7 Å². The summed E-state index contributed by atoms with van der Waals surface area (Å²) in [4.78, 5) is 6.30. The molecular formula is C17H24F3N5S. The molecule has 2 aliphatic heterocycles. The number of anilines is 1. The summed E-state index contributed by atoms with van der Waals surface area (Å²) in [7, 11) is 1.99. The van der Waals surface area contributed by atoms with Gasteiger partial charge < -0.3 is 9.80 Å². The molecule has 2 aliphatic rings. The molecule has 0 spiro atoms. The van der Waals surface area contributed by atoms with E-state index in [2.05, 4.69) is 10.0 Å². The van der Waals surface area contributed by atoms with Gasteiger partial charge in [-0.3, -0.25) is 4.90 Å². The van der Waals surface area contributed by atoms with Gasteiger partial charge in [-0.15, -0.1) is 0 Å². The lowest BCUT2D eigenvalue weighted by molar-refractivity contribution is 0.258. The molecule has 1 fully saturated rings. The van der Waals surface area contributed by atoms with Crippen molar-refractivity contribution < 1.29 is 13.2 Å². The summed E-state index contributed by atoms with van der Waals surface area (Å²) in [5, 5.41) is 4.26. The first kappa shape index (κ1) is 19.2. The molecule has 0 bridgehead atoms. The molecule has 3 rings (SSSR count). The molecule has 1 saturated heterocycles. The van der Waals surface area contributed by atoms with Crippen LogP contribution in [0.4, 0.5) is 18.9 Å². The SMILES string of the molecule is Cc1c(N2CCN(CCCSN3CN(C)C=N3)CC2)cc(F)c(F)c1F. The average molecular weight is 387 g/mol. The third-order valence-corrected chi connectivity index (χ3v) is 5.65. The lowest BCUT2D eigenvalue weighted by atomic mass is 10.1. The van der Waals surface area contributed by atoms with E-state index in [1.807, 2.05) is 27.6 Å². The molecule has 0 saturated carbocycles. The zero-order chi connectivity index (χ0) is 18.7. The highest BCUT2D eigenvalue weighted by Crippen LogP contribution is 2.27. The van der Waals surface area contributed by atoms with Crippen LogP contribution in [0.2, 0.25) is 0 Å². The molecule has 0 unspecified atom stereocenters. The number of benzene rings is 1. The predicted octanol–water partition coefficient (Wildman–Crippen LogP) is 2.72. The van der Waals surface area contributed by atoms with E-state index < -0.39 is 17.5 Å². The Morgan fingerprint density at radius 2 is 1.85 bits per heavy atom. The fraction of sp³-hybridized carbons (Fsp3) is 0.588. The van der Waals surface area contributed by atoms with Crippen molar-refractivity contribution in [3.63, 3.8) is 0 Å². The number of nitrogens with zero attached hydrogens (tertiary/aromatic N) is 5. The maximum Gasteiger partial charge on any atom is 0.194 e. The zero-order valence-electron chi connectivity index (χ0n) is 15.1. The fourth-order valence-corrected chi connectivity index (χ4v) is 4.00. The van der Waals surface area contributed by atoms with Gasteiger partial charge in [0.05, 0.1) is 0 Å². The van der Waals surface area contributed by atoms with Gasteiger partial charge in [-0.2, -0.15) is 5.10 Å². The Hall–Kier alpha value is -1.61. The number of piperazine rings is 1. The van der Waals surface area contributed by atoms with Gasteiger partial charge in [0.2, 0.25) is 0 Å². The summed E-state index contributed by atoms with van der Waals surface area (Å²) < 4.78 is 42.6. The van der Waals surface area contributed by atoms with Crippen molar-refractivity contribution in [1.82, 2.24) is 14.2 Å². The molecule has 9 heteroatoms. The monoisotopic (exact) mass is 387 g/mol. The molecule has 0 amide bonds. The zero-order valence-corrected chi connectivity index (χ0v) is 15.9. The van der Waals surface area contributed by atoms with Gasteiger partial charge in [-0.05, 0) is 31.8 Å². The standard InChI is InChI=1S/C17H24F3N5S/c1-13-15(10-14(18)17(20)16(13)19)24-7-5-23(6-8-24)4-3-9-26-25-12-22(2)11-21-25/h10-11H,3-9,12H2,1-2H3. The highest BCUT2D eigenvalue weighted by molar-refractivity contribution is 7.96. The molecule has 5 nitrogen and oxygen atoms in total. The maximum atomic E-state index is 13.8. The van der Waals surface area contributed by atoms with E-state index in [1.54, 1.807) is 11.9 Å². The normalized spacial score (nSPS) is 18.3. The van der Waals surface area contributed by atoms with Crippen LogP contribution in [0.1, 0.15) is 12.0 Å². The minimum absolute atomic E-state index is 0.171. The Morgan fingerprint density at radius 1 is 1.12 bits per heavy atom.